The van der Waals surface area contributed by atoms with Gasteiger partial charge in [0.2, 0.25) is 0 Å². The Hall–Kier alpha value is -1.68. The van der Waals surface area contributed by atoms with E-state index in [2.05, 4.69) is 12.1 Å². The molecule has 0 aliphatic carbocycles. The van der Waals surface area contributed by atoms with Gasteiger partial charge in [-0.3, -0.25) is 9.59 Å². The summed E-state index contributed by atoms with van der Waals surface area (Å²) in [6.07, 6.45) is 0.966. The molecule has 1 saturated heterocycles. The van der Waals surface area contributed by atoms with Gasteiger partial charge in [0.1, 0.15) is 0 Å². The molecule has 0 saturated carbocycles. The van der Waals surface area contributed by atoms with Crippen LogP contribution in [0.15, 0.2) is 12.1 Å². The normalized spacial score (nSPS) is 16.9. The molecule has 4 nitrogen and oxygen atoms in total. The van der Waals surface area contributed by atoms with Crippen LogP contribution in [0.5, 0.6) is 0 Å². The van der Waals surface area contributed by atoms with Crippen LogP contribution in [0.2, 0.25) is 0 Å². The first kappa shape index (κ1) is 17.7. The highest BCUT2D eigenvalue weighted by molar-refractivity contribution is 5.87. The van der Waals surface area contributed by atoms with Crippen molar-refractivity contribution in [3.63, 3.8) is 0 Å². The lowest BCUT2D eigenvalue weighted by atomic mass is 9.92. The molecule has 0 aromatic heterocycles. The van der Waals surface area contributed by atoms with Crippen LogP contribution in [0.1, 0.15) is 42.0 Å². The van der Waals surface area contributed by atoms with Crippen LogP contribution < -0.4 is 0 Å². The minimum atomic E-state index is -0.684. The monoisotopic (exact) mass is 318 g/mol. The summed E-state index contributed by atoms with van der Waals surface area (Å²) in [5, 5.41) is 0. The second-order valence-corrected chi connectivity index (χ2v) is 6.48. The Balaban J connectivity index is 1.95. The number of carbonyl (C=O) groups excluding carboxylic acids is 2. The van der Waals surface area contributed by atoms with Crippen molar-refractivity contribution in [3.8, 4) is 0 Å². The predicted molar refractivity (Wildman–Crippen MR) is 88.5 cm³/mol. The van der Waals surface area contributed by atoms with Crippen LogP contribution in [-0.4, -0.2) is 31.1 Å². The van der Waals surface area contributed by atoms with E-state index in [4.69, 9.17) is 9.47 Å². The van der Waals surface area contributed by atoms with Gasteiger partial charge in [-0.15, -0.1) is 0 Å². The molecule has 1 aromatic carbocycles. The maximum atomic E-state index is 12.3. The molecule has 2 rings (SSSR count). The molecular weight excluding hydrogens is 292 g/mol. The topological polar surface area (TPSA) is 52.6 Å². The predicted octanol–water partition coefficient (Wildman–Crippen LogP) is 3.08. The van der Waals surface area contributed by atoms with Gasteiger partial charge in [0.05, 0.1) is 6.42 Å². The highest BCUT2D eigenvalue weighted by Crippen LogP contribution is 2.20. The number of hydrogen-bond acceptors (Lipinski definition) is 4. The van der Waals surface area contributed by atoms with Gasteiger partial charge in [0.15, 0.2) is 11.9 Å². The van der Waals surface area contributed by atoms with E-state index in [9.17, 15) is 9.59 Å². The number of benzene rings is 1. The van der Waals surface area contributed by atoms with E-state index >= 15 is 0 Å². The zero-order valence-electron chi connectivity index (χ0n) is 14.5. The molecular formula is C19H26O4. The molecule has 0 spiro atoms. The Morgan fingerprint density at radius 1 is 1.17 bits per heavy atom. The molecule has 23 heavy (non-hydrogen) atoms. The third-order valence-corrected chi connectivity index (χ3v) is 4.49. The fourth-order valence-electron chi connectivity index (χ4n) is 3.24. The van der Waals surface area contributed by atoms with Crippen molar-refractivity contribution >= 4 is 11.8 Å². The smallest absolute Gasteiger partial charge is 0.310 e. The van der Waals surface area contributed by atoms with Gasteiger partial charge in [0.25, 0.3) is 0 Å². The molecule has 1 heterocycles. The highest BCUT2D eigenvalue weighted by Gasteiger charge is 2.28. The van der Waals surface area contributed by atoms with Crippen LogP contribution >= 0.6 is 0 Å². The van der Waals surface area contributed by atoms with Gasteiger partial charge in [-0.1, -0.05) is 17.7 Å². The number of Topliss-reactive ketones (excluding diaryl/α,β-unsaturated/α-hetero) is 1. The van der Waals surface area contributed by atoms with Crippen molar-refractivity contribution in [1.82, 2.24) is 0 Å². The SMILES string of the molecule is Cc1cc(C)c(CC(=O)OC(C)C(=O)C2CCOCC2)c(C)c1. The fourth-order valence-corrected chi connectivity index (χ4v) is 3.24. The summed E-state index contributed by atoms with van der Waals surface area (Å²) in [5.74, 6) is -0.374. The number of esters is 1. The zero-order valence-corrected chi connectivity index (χ0v) is 14.5. The summed E-state index contributed by atoms with van der Waals surface area (Å²) in [7, 11) is 0. The number of ether oxygens (including phenoxy) is 2. The van der Waals surface area contributed by atoms with Crippen molar-refractivity contribution in [2.75, 3.05) is 13.2 Å². The molecule has 0 N–H and O–H groups in total. The minimum absolute atomic E-state index is 0.0130. The van der Waals surface area contributed by atoms with Crippen LogP contribution in [0, 0.1) is 26.7 Å². The van der Waals surface area contributed by atoms with Crippen LogP contribution in [-0.2, 0) is 25.5 Å². The third kappa shape index (κ3) is 4.64. The molecule has 0 bridgehead atoms. The average Bonchev–Trinajstić information content (AvgIpc) is 2.51. The molecule has 0 amide bonds. The first-order chi connectivity index (χ1) is 10.9. The van der Waals surface area contributed by atoms with Crippen molar-refractivity contribution in [2.24, 2.45) is 5.92 Å². The number of rotatable bonds is 5. The summed E-state index contributed by atoms with van der Waals surface area (Å²) in [5.41, 5.74) is 4.34. The van der Waals surface area contributed by atoms with Gasteiger partial charge in [-0.2, -0.15) is 0 Å². The number of hydrogen-bond donors (Lipinski definition) is 0. The van der Waals surface area contributed by atoms with Crippen LogP contribution in [0.3, 0.4) is 0 Å². The lowest BCUT2D eigenvalue weighted by Crippen LogP contribution is -2.34. The summed E-state index contributed by atoms with van der Waals surface area (Å²) in [4.78, 5) is 24.5. The van der Waals surface area contributed by atoms with Gasteiger partial charge in [-0.25, -0.2) is 0 Å². The van der Waals surface area contributed by atoms with Gasteiger partial charge >= 0.3 is 5.97 Å². The maximum Gasteiger partial charge on any atom is 0.310 e. The number of ketones is 1. The average molecular weight is 318 g/mol. The molecule has 1 atom stereocenters. The second kappa shape index (κ2) is 7.73. The molecule has 126 valence electrons. The van der Waals surface area contributed by atoms with Gasteiger partial charge < -0.3 is 9.47 Å². The summed E-state index contributed by atoms with van der Waals surface area (Å²) >= 11 is 0. The molecule has 1 fully saturated rings. The highest BCUT2D eigenvalue weighted by atomic mass is 16.5. The molecule has 1 aliphatic rings. The molecule has 1 unspecified atom stereocenters. The lowest BCUT2D eigenvalue weighted by molar-refractivity contribution is -0.155. The molecule has 1 aromatic rings. The van der Waals surface area contributed by atoms with E-state index in [-0.39, 0.29) is 24.1 Å². The molecule has 4 heteroatoms. The minimum Gasteiger partial charge on any atom is -0.454 e. The standard InChI is InChI=1S/C19H26O4/c1-12-9-13(2)17(14(3)10-12)11-18(20)23-15(4)19(21)16-5-7-22-8-6-16/h9-10,15-16H,5-8,11H2,1-4H3. The van der Waals surface area contributed by atoms with E-state index in [0.717, 1.165) is 29.5 Å². The Labute approximate surface area is 138 Å². The summed E-state index contributed by atoms with van der Waals surface area (Å²) < 4.78 is 10.6. The largest absolute Gasteiger partial charge is 0.454 e. The first-order valence-electron chi connectivity index (χ1n) is 8.26. The van der Waals surface area contributed by atoms with Crippen LogP contribution in [0.4, 0.5) is 0 Å². The molecule has 1 aliphatic heterocycles. The van der Waals surface area contributed by atoms with E-state index in [1.54, 1.807) is 6.92 Å². The van der Waals surface area contributed by atoms with Gasteiger partial charge in [-0.05, 0) is 57.2 Å². The summed E-state index contributed by atoms with van der Waals surface area (Å²) in [6, 6.07) is 4.12. The van der Waals surface area contributed by atoms with Gasteiger partial charge in [0, 0.05) is 19.1 Å². The van der Waals surface area contributed by atoms with Crippen molar-refractivity contribution in [1.29, 1.82) is 0 Å². The Morgan fingerprint density at radius 3 is 2.30 bits per heavy atom. The van der Waals surface area contributed by atoms with Crippen molar-refractivity contribution < 1.29 is 19.1 Å². The van der Waals surface area contributed by atoms with E-state index < -0.39 is 6.10 Å². The fraction of sp³-hybridized carbons (Fsp3) is 0.579. The summed E-state index contributed by atoms with van der Waals surface area (Å²) in [6.45, 7) is 8.93. The van der Waals surface area contributed by atoms with Crippen LogP contribution in [0.25, 0.3) is 0 Å². The Morgan fingerprint density at radius 2 is 1.74 bits per heavy atom. The van der Waals surface area contributed by atoms with Crippen molar-refractivity contribution in [2.45, 2.75) is 53.1 Å². The first-order valence-corrected chi connectivity index (χ1v) is 8.26. The zero-order chi connectivity index (χ0) is 17.0. The quantitative estimate of drug-likeness (QED) is 0.783. The maximum absolute atomic E-state index is 12.3. The number of aryl methyl sites for hydroxylation is 3. The third-order valence-electron chi connectivity index (χ3n) is 4.49. The van der Waals surface area contributed by atoms with E-state index in [0.29, 0.717) is 13.2 Å². The van der Waals surface area contributed by atoms with E-state index in [1.807, 2.05) is 20.8 Å². The van der Waals surface area contributed by atoms with E-state index in [1.165, 1.54) is 5.56 Å². The number of carbonyl (C=O) groups is 2. The van der Waals surface area contributed by atoms with Crippen molar-refractivity contribution in [3.05, 3.63) is 34.4 Å². The lowest BCUT2D eigenvalue weighted by Gasteiger charge is -2.23. The Bertz CT molecular complexity index is 562. The second-order valence-electron chi connectivity index (χ2n) is 6.48. The molecule has 0 radical (unpaired) electrons. The Kier molecular flexibility index (Phi) is 5.94.